The fourth-order valence-electron chi connectivity index (χ4n) is 1.57. The zero-order chi connectivity index (χ0) is 15.2. The third-order valence-electron chi connectivity index (χ3n) is 2.62. The van der Waals surface area contributed by atoms with Gasteiger partial charge in [-0.2, -0.15) is 0 Å². The van der Waals surface area contributed by atoms with Gasteiger partial charge in [0.25, 0.3) is 5.69 Å². The van der Waals surface area contributed by atoms with Gasteiger partial charge in [-0.25, -0.2) is 0 Å². The number of nitro groups is 1. The minimum absolute atomic E-state index is 0.0967. The molecule has 0 aromatic heterocycles. The second-order valence-corrected chi connectivity index (χ2v) is 5.64. The van der Waals surface area contributed by atoms with Crippen molar-refractivity contribution in [2.24, 2.45) is 0 Å². The lowest BCUT2D eigenvalue weighted by molar-refractivity contribution is -0.384. The molecule has 0 unspecified atom stereocenters. The van der Waals surface area contributed by atoms with Crippen molar-refractivity contribution in [3.8, 4) is 0 Å². The van der Waals surface area contributed by atoms with Crippen molar-refractivity contribution in [3.63, 3.8) is 0 Å². The third kappa shape index (κ3) is 4.44. The molecule has 5 nitrogen and oxygen atoms in total. The molecule has 0 atom stereocenters. The highest BCUT2D eigenvalue weighted by atomic mass is 32.2. The average molecular weight is 319 g/mol. The molecule has 0 aliphatic carbocycles. The van der Waals surface area contributed by atoms with Gasteiger partial charge in [-0.3, -0.25) is 10.1 Å². The van der Waals surface area contributed by atoms with Crippen molar-refractivity contribution in [1.82, 2.24) is 5.32 Å². The van der Waals surface area contributed by atoms with Crippen LogP contribution in [0.3, 0.4) is 0 Å². The molecule has 7 heteroatoms. The fourth-order valence-corrected chi connectivity index (χ4v) is 2.51. The van der Waals surface area contributed by atoms with Crippen LogP contribution in [-0.4, -0.2) is 17.1 Å². The topological polar surface area (TPSA) is 67.2 Å². The van der Waals surface area contributed by atoms with Gasteiger partial charge in [0.15, 0.2) is 5.11 Å². The Labute approximate surface area is 131 Å². The highest BCUT2D eigenvalue weighted by Gasteiger charge is 2.05. The number of anilines is 1. The second-order valence-electron chi connectivity index (χ2n) is 4.08. The third-order valence-corrected chi connectivity index (χ3v) is 3.94. The van der Waals surface area contributed by atoms with Crippen LogP contribution in [0, 0.1) is 10.1 Å². The highest BCUT2D eigenvalue weighted by Crippen LogP contribution is 2.29. The number of nitro benzene ring substituents is 1. The van der Waals surface area contributed by atoms with E-state index in [4.69, 9.17) is 12.2 Å². The van der Waals surface area contributed by atoms with Gasteiger partial charge >= 0.3 is 0 Å². The summed E-state index contributed by atoms with van der Waals surface area (Å²) in [4.78, 5) is 12.2. The molecule has 0 spiro atoms. The number of nitrogens with zero attached hydrogens (tertiary/aromatic N) is 1. The first-order chi connectivity index (χ1) is 10.1. The largest absolute Gasteiger partial charge is 0.366 e. The fraction of sp³-hybridized carbons (Fsp3) is 0.0714. The van der Waals surface area contributed by atoms with Gasteiger partial charge in [0.1, 0.15) is 0 Å². The lowest BCUT2D eigenvalue weighted by Gasteiger charge is -2.07. The molecule has 0 amide bonds. The van der Waals surface area contributed by atoms with Gasteiger partial charge in [0.2, 0.25) is 0 Å². The van der Waals surface area contributed by atoms with Crippen LogP contribution in [0.1, 0.15) is 0 Å². The lowest BCUT2D eigenvalue weighted by atomic mass is 10.3. The smallest absolute Gasteiger partial charge is 0.269 e. The monoisotopic (exact) mass is 319 g/mol. The van der Waals surface area contributed by atoms with Gasteiger partial charge in [0.05, 0.1) is 4.92 Å². The van der Waals surface area contributed by atoms with Crippen molar-refractivity contribution >= 4 is 40.5 Å². The van der Waals surface area contributed by atoms with Gasteiger partial charge in [-0.1, -0.05) is 11.8 Å². The van der Waals surface area contributed by atoms with E-state index >= 15 is 0 Å². The van der Waals surface area contributed by atoms with E-state index in [9.17, 15) is 10.1 Å². The maximum atomic E-state index is 10.6. The van der Waals surface area contributed by atoms with Crippen molar-refractivity contribution in [2.45, 2.75) is 9.79 Å². The molecule has 2 aromatic carbocycles. The Bertz CT molecular complexity index is 642. The highest BCUT2D eigenvalue weighted by molar-refractivity contribution is 7.99. The van der Waals surface area contributed by atoms with Crippen LogP contribution in [0.25, 0.3) is 0 Å². The van der Waals surface area contributed by atoms with Crippen molar-refractivity contribution in [3.05, 3.63) is 58.6 Å². The number of hydrogen-bond acceptors (Lipinski definition) is 4. The Kier molecular flexibility index (Phi) is 5.13. The normalized spacial score (nSPS) is 9.95. The zero-order valence-corrected chi connectivity index (χ0v) is 12.8. The van der Waals surface area contributed by atoms with E-state index < -0.39 is 4.92 Å². The summed E-state index contributed by atoms with van der Waals surface area (Å²) in [7, 11) is 1.76. The predicted molar refractivity (Wildman–Crippen MR) is 88.9 cm³/mol. The second kappa shape index (κ2) is 7.05. The first kappa shape index (κ1) is 15.3. The van der Waals surface area contributed by atoms with E-state index in [1.165, 1.54) is 12.1 Å². The molecule has 0 saturated carbocycles. The summed E-state index contributed by atoms with van der Waals surface area (Å²) >= 11 is 6.57. The molecular formula is C14H13N3O2S2. The number of thiocarbonyl (C=S) groups is 1. The Morgan fingerprint density at radius 1 is 1.10 bits per heavy atom. The molecule has 21 heavy (non-hydrogen) atoms. The quantitative estimate of drug-likeness (QED) is 0.509. The van der Waals surface area contributed by atoms with E-state index in [0.29, 0.717) is 5.11 Å². The maximum Gasteiger partial charge on any atom is 0.269 e. The Hall–Kier alpha value is -2.12. The SMILES string of the molecule is CNC(=S)Nc1ccc(Sc2ccc([N+](=O)[O-])cc2)cc1. The molecule has 2 N–H and O–H groups in total. The molecule has 2 rings (SSSR count). The summed E-state index contributed by atoms with van der Waals surface area (Å²) in [6.07, 6.45) is 0. The Morgan fingerprint density at radius 3 is 2.10 bits per heavy atom. The maximum absolute atomic E-state index is 10.6. The molecule has 0 aliphatic heterocycles. The molecule has 108 valence electrons. The molecule has 0 aliphatic rings. The predicted octanol–water partition coefficient (Wildman–Crippen LogP) is 3.66. The van der Waals surface area contributed by atoms with Gasteiger partial charge < -0.3 is 10.6 Å². The number of non-ortho nitro benzene ring substituents is 1. The van der Waals surface area contributed by atoms with Gasteiger partial charge in [-0.05, 0) is 48.6 Å². The van der Waals surface area contributed by atoms with Crippen LogP contribution in [0.4, 0.5) is 11.4 Å². The molecule has 0 radical (unpaired) electrons. The summed E-state index contributed by atoms with van der Waals surface area (Å²) < 4.78 is 0. The molecule has 0 bridgehead atoms. The minimum atomic E-state index is -0.403. The molecule has 0 heterocycles. The number of benzene rings is 2. The summed E-state index contributed by atoms with van der Waals surface area (Å²) in [5.74, 6) is 0. The first-order valence-electron chi connectivity index (χ1n) is 6.09. The van der Waals surface area contributed by atoms with Crippen LogP contribution in [-0.2, 0) is 0 Å². The standard InChI is InChI=1S/C14H13N3O2S2/c1-15-14(20)16-10-2-6-12(7-3-10)21-13-8-4-11(5-9-13)17(18)19/h2-9H,1H3,(H2,15,16,20). The van der Waals surface area contributed by atoms with Crippen LogP contribution in [0.2, 0.25) is 0 Å². The average Bonchev–Trinajstić information content (AvgIpc) is 2.49. The number of nitrogens with one attached hydrogen (secondary N) is 2. The first-order valence-corrected chi connectivity index (χ1v) is 7.32. The summed E-state index contributed by atoms with van der Waals surface area (Å²) in [5, 5.41) is 17.0. The van der Waals surface area contributed by atoms with E-state index in [1.54, 1.807) is 30.9 Å². The van der Waals surface area contributed by atoms with E-state index in [-0.39, 0.29) is 5.69 Å². The minimum Gasteiger partial charge on any atom is -0.366 e. The molecule has 0 fully saturated rings. The van der Waals surface area contributed by atoms with Gasteiger partial charge in [-0.15, -0.1) is 0 Å². The van der Waals surface area contributed by atoms with Crippen LogP contribution >= 0.6 is 24.0 Å². The van der Waals surface area contributed by atoms with Crippen molar-refractivity contribution in [1.29, 1.82) is 0 Å². The summed E-state index contributed by atoms with van der Waals surface area (Å²) in [6, 6.07) is 14.3. The number of hydrogen-bond donors (Lipinski definition) is 2. The molecule has 0 saturated heterocycles. The van der Waals surface area contributed by atoms with Crippen LogP contribution in [0.15, 0.2) is 58.3 Å². The molecule has 2 aromatic rings. The van der Waals surface area contributed by atoms with E-state index in [1.807, 2.05) is 24.3 Å². The van der Waals surface area contributed by atoms with Gasteiger partial charge in [0, 0.05) is 34.7 Å². The van der Waals surface area contributed by atoms with Crippen LogP contribution < -0.4 is 10.6 Å². The van der Waals surface area contributed by atoms with E-state index in [0.717, 1.165) is 15.5 Å². The van der Waals surface area contributed by atoms with Crippen LogP contribution in [0.5, 0.6) is 0 Å². The summed E-state index contributed by atoms with van der Waals surface area (Å²) in [5.41, 5.74) is 1.00. The number of rotatable bonds is 4. The Morgan fingerprint density at radius 2 is 1.62 bits per heavy atom. The van der Waals surface area contributed by atoms with E-state index in [2.05, 4.69) is 10.6 Å². The summed E-state index contributed by atoms with van der Waals surface area (Å²) in [6.45, 7) is 0. The van der Waals surface area contributed by atoms with Crippen molar-refractivity contribution < 1.29 is 4.92 Å². The lowest BCUT2D eigenvalue weighted by Crippen LogP contribution is -2.23. The Balaban J connectivity index is 2.02. The van der Waals surface area contributed by atoms with Crippen molar-refractivity contribution in [2.75, 3.05) is 12.4 Å². The zero-order valence-electron chi connectivity index (χ0n) is 11.2. The molecular weight excluding hydrogens is 306 g/mol.